The number of nitrogens with two attached hydrogens (primary N) is 1. The van der Waals surface area contributed by atoms with Gasteiger partial charge in [-0.25, -0.2) is 9.97 Å². The largest absolute Gasteiger partial charge is 0.473 e. The molecule has 0 aromatic carbocycles. The number of hydrogen-bond donors (Lipinski definition) is 2. The number of primary amides is 1. The summed E-state index contributed by atoms with van der Waals surface area (Å²) >= 11 is 0. The molecule has 0 unspecified atom stereocenters. The van der Waals surface area contributed by atoms with Crippen LogP contribution >= 0.6 is 0 Å². The van der Waals surface area contributed by atoms with E-state index in [-0.39, 0.29) is 0 Å². The third-order valence-corrected chi connectivity index (χ3v) is 1.70. The minimum atomic E-state index is -4.89. The maximum atomic E-state index is 12.6. The zero-order chi connectivity index (χ0) is 13.9. The molecule has 0 fully saturated rings. The van der Waals surface area contributed by atoms with Crippen molar-refractivity contribution in [2.24, 2.45) is 5.73 Å². The Morgan fingerprint density at radius 2 is 2.17 bits per heavy atom. The molecule has 0 aliphatic carbocycles. The van der Waals surface area contributed by atoms with Crippen LogP contribution in [0.2, 0.25) is 0 Å². The molecule has 1 rings (SSSR count). The maximum Gasteiger partial charge on any atom is 0.417 e. The zero-order valence-electron chi connectivity index (χ0n) is 8.61. The van der Waals surface area contributed by atoms with Crippen molar-refractivity contribution in [1.82, 2.24) is 9.97 Å². The van der Waals surface area contributed by atoms with Crippen molar-refractivity contribution < 1.29 is 32.2 Å². The third kappa shape index (κ3) is 3.52. The van der Waals surface area contributed by atoms with Crippen molar-refractivity contribution >= 4 is 5.91 Å². The Hall–Kier alpha value is -1.97. The minimum Gasteiger partial charge on any atom is -0.473 e. The first-order valence-corrected chi connectivity index (χ1v) is 4.41. The SMILES string of the molecule is NC(=O)c1nc(F)cnc1OC[C@H](O)C(F)(F)F. The highest BCUT2D eigenvalue weighted by Gasteiger charge is 2.39. The van der Waals surface area contributed by atoms with Crippen molar-refractivity contribution in [1.29, 1.82) is 0 Å². The number of carbonyl (C=O) groups is 1. The molecule has 1 heterocycles. The summed E-state index contributed by atoms with van der Waals surface area (Å²) in [7, 11) is 0. The highest BCUT2D eigenvalue weighted by Crippen LogP contribution is 2.21. The molecule has 0 saturated heterocycles. The Labute approximate surface area is 97.4 Å². The van der Waals surface area contributed by atoms with E-state index in [0.29, 0.717) is 6.20 Å². The molecule has 0 radical (unpaired) electrons. The van der Waals surface area contributed by atoms with Gasteiger partial charge in [-0.15, -0.1) is 0 Å². The molecule has 18 heavy (non-hydrogen) atoms. The molecular weight excluding hydrogens is 262 g/mol. The lowest BCUT2D eigenvalue weighted by atomic mass is 10.3. The van der Waals surface area contributed by atoms with E-state index in [4.69, 9.17) is 10.8 Å². The van der Waals surface area contributed by atoms with E-state index in [1.807, 2.05) is 0 Å². The maximum absolute atomic E-state index is 12.6. The van der Waals surface area contributed by atoms with E-state index >= 15 is 0 Å². The topological polar surface area (TPSA) is 98.3 Å². The van der Waals surface area contributed by atoms with Crippen LogP contribution in [0.4, 0.5) is 17.6 Å². The Bertz CT molecular complexity index is 452. The summed E-state index contributed by atoms with van der Waals surface area (Å²) in [5.41, 5.74) is 4.04. The standard InChI is InChI=1S/C8H7F4N3O3/c9-4-1-14-7(5(15-4)6(13)17)18-2-3(16)8(10,11)12/h1,3,16H,2H2,(H2,13,17)/t3-/m0/s1. The van der Waals surface area contributed by atoms with E-state index < -0.39 is 42.3 Å². The summed E-state index contributed by atoms with van der Waals surface area (Å²) < 4.78 is 52.9. The van der Waals surface area contributed by atoms with Gasteiger partial charge in [0.1, 0.15) is 6.61 Å². The number of halogens is 4. The van der Waals surface area contributed by atoms with E-state index in [9.17, 15) is 22.4 Å². The van der Waals surface area contributed by atoms with Crippen LogP contribution in [-0.2, 0) is 0 Å². The van der Waals surface area contributed by atoms with Gasteiger partial charge >= 0.3 is 6.18 Å². The number of carbonyl (C=O) groups excluding carboxylic acids is 1. The van der Waals surface area contributed by atoms with Crippen molar-refractivity contribution in [2.45, 2.75) is 12.3 Å². The highest BCUT2D eigenvalue weighted by atomic mass is 19.4. The number of aromatic nitrogens is 2. The van der Waals surface area contributed by atoms with Crippen LogP contribution in [0.1, 0.15) is 10.5 Å². The Balaban J connectivity index is 2.82. The van der Waals surface area contributed by atoms with Crippen LogP contribution < -0.4 is 10.5 Å². The number of rotatable bonds is 4. The summed E-state index contributed by atoms with van der Waals surface area (Å²) in [6, 6.07) is 0. The second kappa shape index (κ2) is 5.12. The predicted octanol–water partition coefficient (Wildman–Crippen LogP) is 0.0166. The third-order valence-electron chi connectivity index (χ3n) is 1.70. The van der Waals surface area contributed by atoms with E-state index in [1.54, 1.807) is 0 Å². The molecule has 0 aliphatic heterocycles. The Kier molecular flexibility index (Phi) is 4.01. The van der Waals surface area contributed by atoms with Gasteiger partial charge < -0.3 is 15.6 Å². The van der Waals surface area contributed by atoms with Crippen LogP contribution in [0.3, 0.4) is 0 Å². The zero-order valence-corrected chi connectivity index (χ0v) is 8.61. The molecule has 0 spiro atoms. The molecule has 6 nitrogen and oxygen atoms in total. The first kappa shape index (κ1) is 14.1. The van der Waals surface area contributed by atoms with Gasteiger partial charge in [0.15, 0.2) is 11.8 Å². The van der Waals surface area contributed by atoms with Gasteiger partial charge in [-0.2, -0.15) is 17.6 Å². The van der Waals surface area contributed by atoms with Gasteiger partial charge in [-0.1, -0.05) is 0 Å². The highest BCUT2D eigenvalue weighted by molar-refractivity contribution is 5.92. The van der Waals surface area contributed by atoms with Gasteiger partial charge in [-0.05, 0) is 0 Å². The van der Waals surface area contributed by atoms with Crippen LogP contribution in [0.15, 0.2) is 6.20 Å². The molecule has 100 valence electrons. The molecule has 3 N–H and O–H groups in total. The van der Waals surface area contributed by atoms with Crippen molar-refractivity contribution in [3.05, 3.63) is 17.8 Å². The van der Waals surface area contributed by atoms with Crippen LogP contribution in [-0.4, -0.2) is 39.9 Å². The lowest BCUT2D eigenvalue weighted by molar-refractivity contribution is -0.210. The number of alkyl halides is 3. The van der Waals surface area contributed by atoms with Crippen LogP contribution in [0, 0.1) is 5.95 Å². The second-order valence-corrected chi connectivity index (χ2v) is 3.08. The Morgan fingerprint density at radius 3 is 2.67 bits per heavy atom. The summed E-state index contributed by atoms with van der Waals surface area (Å²) in [6.45, 7) is -1.22. The molecule has 0 bridgehead atoms. The van der Waals surface area contributed by atoms with Crippen LogP contribution in [0.25, 0.3) is 0 Å². The minimum absolute atomic E-state index is 0.530. The Morgan fingerprint density at radius 1 is 1.56 bits per heavy atom. The molecule has 1 aromatic rings. The molecule has 0 aliphatic rings. The number of amides is 1. The van der Waals surface area contributed by atoms with Crippen molar-refractivity contribution in [2.75, 3.05) is 6.61 Å². The fourth-order valence-corrected chi connectivity index (χ4v) is 0.875. The lowest BCUT2D eigenvalue weighted by Gasteiger charge is -2.15. The lowest BCUT2D eigenvalue weighted by Crippen LogP contribution is -2.34. The average molecular weight is 269 g/mol. The summed E-state index contributed by atoms with van der Waals surface area (Å²) in [6.07, 6.45) is -7.13. The molecule has 1 aromatic heterocycles. The summed E-state index contributed by atoms with van der Waals surface area (Å²) in [5.74, 6) is -3.06. The van der Waals surface area contributed by atoms with Gasteiger partial charge in [-0.3, -0.25) is 4.79 Å². The first-order chi connectivity index (χ1) is 8.21. The molecule has 1 amide bonds. The van der Waals surface area contributed by atoms with Gasteiger partial charge in [0.05, 0.1) is 6.20 Å². The van der Waals surface area contributed by atoms with E-state index in [2.05, 4.69) is 14.7 Å². The monoisotopic (exact) mass is 269 g/mol. The number of hydrogen-bond acceptors (Lipinski definition) is 5. The summed E-state index contributed by atoms with van der Waals surface area (Å²) in [5, 5.41) is 8.64. The van der Waals surface area contributed by atoms with Gasteiger partial charge in [0, 0.05) is 0 Å². The number of nitrogens with zero attached hydrogens (tertiary/aromatic N) is 2. The van der Waals surface area contributed by atoms with Gasteiger partial charge in [0.2, 0.25) is 11.8 Å². The quantitative estimate of drug-likeness (QED) is 0.750. The molecule has 0 saturated carbocycles. The predicted molar refractivity (Wildman–Crippen MR) is 48.1 cm³/mol. The smallest absolute Gasteiger partial charge is 0.417 e. The average Bonchev–Trinajstić information content (AvgIpc) is 2.25. The number of aliphatic hydroxyl groups is 1. The van der Waals surface area contributed by atoms with Crippen molar-refractivity contribution in [3.8, 4) is 5.88 Å². The molecule has 10 heteroatoms. The molecule has 1 atom stereocenters. The molecular formula is C8H7F4N3O3. The number of aliphatic hydroxyl groups excluding tert-OH is 1. The van der Waals surface area contributed by atoms with E-state index in [1.165, 1.54) is 0 Å². The summed E-state index contributed by atoms with van der Waals surface area (Å²) in [4.78, 5) is 17.0. The number of ether oxygens (including phenoxy) is 1. The van der Waals surface area contributed by atoms with Crippen molar-refractivity contribution in [3.63, 3.8) is 0 Å². The first-order valence-electron chi connectivity index (χ1n) is 4.41. The fourth-order valence-electron chi connectivity index (χ4n) is 0.875. The normalized spacial score (nSPS) is 13.2. The van der Waals surface area contributed by atoms with Crippen LogP contribution in [0.5, 0.6) is 5.88 Å². The fraction of sp³-hybridized carbons (Fsp3) is 0.375. The second-order valence-electron chi connectivity index (χ2n) is 3.08. The van der Waals surface area contributed by atoms with Gasteiger partial charge in [0.25, 0.3) is 5.91 Å². The van der Waals surface area contributed by atoms with E-state index in [0.717, 1.165) is 0 Å².